The van der Waals surface area contributed by atoms with Crippen LogP contribution in [-0.4, -0.2) is 4.99 Å². The van der Waals surface area contributed by atoms with Crippen molar-refractivity contribution in [2.24, 2.45) is 5.73 Å². The Morgan fingerprint density at radius 1 is 1.58 bits per heavy atom. The topological polar surface area (TPSA) is 26.0 Å². The molecule has 1 aromatic rings. The first-order chi connectivity index (χ1) is 5.59. The molecule has 0 atom stereocenters. The number of aryl methyl sites for hydroxylation is 1. The van der Waals surface area contributed by atoms with Crippen molar-refractivity contribution in [3.63, 3.8) is 0 Å². The maximum absolute atomic E-state index is 12.8. The molecule has 0 amide bonds. The summed E-state index contributed by atoms with van der Waals surface area (Å²) in [5.74, 6) is -0.193. The summed E-state index contributed by atoms with van der Waals surface area (Å²) in [6.45, 7) is 1.72. The third-order valence-corrected chi connectivity index (χ3v) is 1.75. The van der Waals surface area contributed by atoms with Crippen LogP contribution >= 0.6 is 12.2 Å². The van der Waals surface area contributed by atoms with Crippen LogP contribution in [0.25, 0.3) is 0 Å². The first-order valence-corrected chi connectivity index (χ1v) is 4.04. The summed E-state index contributed by atoms with van der Waals surface area (Å²) < 4.78 is 12.8. The molecule has 0 spiro atoms. The molecule has 64 valence electrons. The van der Waals surface area contributed by atoms with Crippen LogP contribution in [0.2, 0.25) is 0 Å². The molecule has 0 unspecified atom stereocenters. The number of halogens is 1. The monoisotopic (exact) mass is 183 g/mol. The van der Waals surface area contributed by atoms with Crippen molar-refractivity contribution in [3.8, 4) is 0 Å². The lowest BCUT2D eigenvalue weighted by atomic mass is 10.1. The molecule has 1 rings (SSSR count). The van der Waals surface area contributed by atoms with E-state index in [2.05, 4.69) is 0 Å². The predicted molar refractivity (Wildman–Crippen MR) is 51.6 cm³/mol. The normalized spacial score (nSPS) is 9.83. The van der Waals surface area contributed by atoms with Crippen molar-refractivity contribution in [1.82, 2.24) is 0 Å². The lowest BCUT2D eigenvalue weighted by Crippen LogP contribution is -2.11. The third-order valence-electron chi connectivity index (χ3n) is 1.60. The van der Waals surface area contributed by atoms with Crippen LogP contribution < -0.4 is 5.73 Å². The van der Waals surface area contributed by atoms with Gasteiger partial charge < -0.3 is 5.73 Å². The molecular formula is C9H10FNS. The number of hydrogen-bond acceptors (Lipinski definition) is 1. The van der Waals surface area contributed by atoms with Gasteiger partial charge in [-0.15, -0.1) is 0 Å². The summed E-state index contributed by atoms with van der Waals surface area (Å²) >= 11 is 4.74. The van der Waals surface area contributed by atoms with Gasteiger partial charge in [0.1, 0.15) is 5.82 Å². The first-order valence-electron chi connectivity index (χ1n) is 3.63. The van der Waals surface area contributed by atoms with Gasteiger partial charge in [-0.2, -0.15) is 0 Å². The van der Waals surface area contributed by atoms with E-state index in [-0.39, 0.29) is 5.82 Å². The van der Waals surface area contributed by atoms with Crippen molar-refractivity contribution in [2.75, 3.05) is 0 Å². The molecule has 0 saturated heterocycles. The van der Waals surface area contributed by atoms with E-state index in [9.17, 15) is 4.39 Å². The van der Waals surface area contributed by atoms with Gasteiger partial charge in [0.05, 0.1) is 4.99 Å². The third kappa shape index (κ3) is 2.27. The molecule has 0 aliphatic heterocycles. The van der Waals surface area contributed by atoms with Crippen molar-refractivity contribution < 1.29 is 4.39 Å². The highest BCUT2D eigenvalue weighted by Crippen LogP contribution is 2.09. The number of benzene rings is 1. The summed E-state index contributed by atoms with van der Waals surface area (Å²) in [4.78, 5) is 0.431. The van der Waals surface area contributed by atoms with E-state index in [1.807, 2.05) is 0 Å². The van der Waals surface area contributed by atoms with Crippen LogP contribution in [0, 0.1) is 12.7 Å². The molecule has 0 aliphatic carbocycles. The Bertz CT molecular complexity index is 309. The lowest BCUT2D eigenvalue weighted by Gasteiger charge is -2.01. The highest BCUT2D eigenvalue weighted by molar-refractivity contribution is 7.80. The van der Waals surface area contributed by atoms with E-state index in [0.29, 0.717) is 17.0 Å². The second kappa shape index (κ2) is 3.63. The number of rotatable bonds is 2. The molecule has 0 saturated carbocycles. The highest BCUT2D eigenvalue weighted by Gasteiger charge is 1.99. The first kappa shape index (κ1) is 9.13. The molecular weight excluding hydrogens is 173 g/mol. The second-order valence-electron chi connectivity index (χ2n) is 2.73. The van der Waals surface area contributed by atoms with E-state index in [4.69, 9.17) is 18.0 Å². The fourth-order valence-electron chi connectivity index (χ4n) is 1.02. The van der Waals surface area contributed by atoms with Crippen LogP contribution in [0.3, 0.4) is 0 Å². The van der Waals surface area contributed by atoms with Gasteiger partial charge in [0.2, 0.25) is 0 Å². The van der Waals surface area contributed by atoms with E-state index in [1.165, 1.54) is 6.07 Å². The Balaban J connectivity index is 2.89. The van der Waals surface area contributed by atoms with Gasteiger partial charge in [-0.25, -0.2) is 4.39 Å². The van der Waals surface area contributed by atoms with Gasteiger partial charge in [-0.1, -0.05) is 24.4 Å². The SMILES string of the molecule is Cc1cc(CC(N)=S)ccc1F. The molecule has 0 radical (unpaired) electrons. The Hall–Kier alpha value is -0.960. The van der Waals surface area contributed by atoms with Crippen LogP contribution in [0.15, 0.2) is 18.2 Å². The zero-order valence-electron chi connectivity index (χ0n) is 6.80. The molecule has 2 N–H and O–H groups in total. The van der Waals surface area contributed by atoms with Crippen molar-refractivity contribution in [1.29, 1.82) is 0 Å². The smallest absolute Gasteiger partial charge is 0.126 e. The fraction of sp³-hybridized carbons (Fsp3) is 0.222. The van der Waals surface area contributed by atoms with E-state index >= 15 is 0 Å². The Morgan fingerprint density at radius 3 is 2.75 bits per heavy atom. The molecule has 12 heavy (non-hydrogen) atoms. The summed E-state index contributed by atoms with van der Waals surface area (Å²) in [5.41, 5.74) is 6.94. The second-order valence-corrected chi connectivity index (χ2v) is 3.25. The van der Waals surface area contributed by atoms with Gasteiger partial charge in [0.15, 0.2) is 0 Å². The number of nitrogens with two attached hydrogens (primary N) is 1. The quantitative estimate of drug-likeness (QED) is 0.709. The van der Waals surface area contributed by atoms with Crippen molar-refractivity contribution >= 4 is 17.2 Å². The number of hydrogen-bond donors (Lipinski definition) is 1. The lowest BCUT2D eigenvalue weighted by molar-refractivity contribution is 0.618. The summed E-state index contributed by atoms with van der Waals surface area (Å²) in [6.07, 6.45) is 0.538. The van der Waals surface area contributed by atoms with E-state index in [1.54, 1.807) is 19.1 Å². The van der Waals surface area contributed by atoms with Crippen LogP contribution in [-0.2, 0) is 6.42 Å². The van der Waals surface area contributed by atoms with Gasteiger partial charge in [-0.05, 0) is 24.1 Å². The summed E-state index contributed by atoms with van der Waals surface area (Å²) in [7, 11) is 0. The van der Waals surface area contributed by atoms with Crippen LogP contribution in [0.4, 0.5) is 4.39 Å². The Morgan fingerprint density at radius 2 is 2.25 bits per heavy atom. The summed E-state index contributed by atoms with van der Waals surface area (Å²) in [6, 6.07) is 4.89. The van der Waals surface area contributed by atoms with Crippen molar-refractivity contribution in [3.05, 3.63) is 35.1 Å². The highest BCUT2D eigenvalue weighted by atomic mass is 32.1. The molecule has 3 heteroatoms. The molecule has 1 aromatic carbocycles. The van der Waals surface area contributed by atoms with Crippen molar-refractivity contribution in [2.45, 2.75) is 13.3 Å². The fourth-order valence-corrected chi connectivity index (χ4v) is 1.18. The Kier molecular flexibility index (Phi) is 2.76. The van der Waals surface area contributed by atoms with Crippen LogP contribution in [0.1, 0.15) is 11.1 Å². The van der Waals surface area contributed by atoms with Gasteiger partial charge in [0, 0.05) is 6.42 Å². The maximum Gasteiger partial charge on any atom is 0.126 e. The minimum atomic E-state index is -0.193. The number of thiocarbonyl (C=S) groups is 1. The standard InChI is InChI=1S/C9H10FNS/c1-6-4-7(5-9(11)12)2-3-8(6)10/h2-4H,5H2,1H3,(H2,11,12). The zero-order valence-corrected chi connectivity index (χ0v) is 7.62. The molecule has 1 nitrogen and oxygen atoms in total. The maximum atomic E-state index is 12.8. The van der Waals surface area contributed by atoms with Gasteiger partial charge in [-0.3, -0.25) is 0 Å². The van der Waals surface area contributed by atoms with Gasteiger partial charge in [0.25, 0.3) is 0 Å². The predicted octanol–water partition coefficient (Wildman–Crippen LogP) is 1.96. The molecule has 0 aromatic heterocycles. The average Bonchev–Trinajstić information content (AvgIpc) is 1.96. The van der Waals surface area contributed by atoms with E-state index in [0.717, 1.165) is 5.56 Å². The largest absolute Gasteiger partial charge is 0.393 e. The summed E-state index contributed by atoms with van der Waals surface area (Å²) in [5, 5.41) is 0. The molecule has 0 aliphatic rings. The zero-order chi connectivity index (χ0) is 9.14. The Labute approximate surface area is 76.4 Å². The molecule has 0 fully saturated rings. The molecule has 0 bridgehead atoms. The molecule has 0 heterocycles. The minimum absolute atomic E-state index is 0.193. The van der Waals surface area contributed by atoms with Crippen LogP contribution in [0.5, 0.6) is 0 Å². The average molecular weight is 183 g/mol. The van der Waals surface area contributed by atoms with E-state index < -0.39 is 0 Å². The van der Waals surface area contributed by atoms with Gasteiger partial charge >= 0.3 is 0 Å². The minimum Gasteiger partial charge on any atom is -0.393 e.